The summed E-state index contributed by atoms with van der Waals surface area (Å²) in [5.74, 6) is 1.13. The molecule has 3 heterocycles. The van der Waals surface area contributed by atoms with E-state index in [2.05, 4.69) is 20.6 Å². The van der Waals surface area contributed by atoms with Crippen LogP contribution in [0.15, 0.2) is 62.2 Å². The van der Waals surface area contributed by atoms with Crippen molar-refractivity contribution in [3.63, 3.8) is 0 Å². The van der Waals surface area contributed by atoms with Crippen molar-refractivity contribution in [2.45, 2.75) is 23.9 Å². The lowest BCUT2D eigenvalue weighted by molar-refractivity contribution is 0.262. The molecule has 0 atom stereocenters. The Bertz CT molecular complexity index is 1610. The van der Waals surface area contributed by atoms with Gasteiger partial charge in [-0.1, -0.05) is 29.4 Å². The highest BCUT2D eigenvalue weighted by molar-refractivity contribution is 8.00. The van der Waals surface area contributed by atoms with Gasteiger partial charge in [-0.05, 0) is 49.7 Å². The van der Waals surface area contributed by atoms with E-state index in [1.165, 1.54) is 33.7 Å². The number of aryl methyl sites for hydroxylation is 2. The van der Waals surface area contributed by atoms with Crippen LogP contribution in [-0.4, -0.2) is 20.6 Å². The summed E-state index contributed by atoms with van der Waals surface area (Å²) in [6, 6.07) is 13.8. The first-order chi connectivity index (χ1) is 16.3. The summed E-state index contributed by atoms with van der Waals surface area (Å²) in [7, 11) is 0. The highest BCUT2D eigenvalue weighted by Crippen LogP contribution is 2.33. The number of thioether (sulfide) groups is 1. The van der Waals surface area contributed by atoms with E-state index in [-0.39, 0.29) is 11.6 Å². The van der Waals surface area contributed by atoms with Crippen molar-refractivity contribution in [1.29, 1.82) is 0 Å². The number of anilines is 2. The number of aromatic nitrogens is 3. The van der Waals surface area contributed by atoms with Gasteiger partial charge in [0.1, 0.15) is 5.76 Å². The average molecular weight is 512 g/mol. The van der Waals surface area contributed by atoms with Crippen molar-refractivity contribution in [3.8, 4) is 0 Å². The first-order valence-corrected chi connectivity index (χ1v) is 12.4. The maximum absolute atomic E-state index is 12.4. The molecule has 0 spiro atoms. The number of rotatable bonds is 5. The van der Waals surface area contributed by atoms with Gasteiger partial charge in [-0.25, -0.2) is 14.8 Å². The number of benzene rings is 2. The third-order valence-electron chi connectivity index (χ3n) is 4.87. The van der Waals surface area contributed by atoms with Gasteiger partial charge in [0.15, 0.2) is 9.99 Å². The second kappa shape index (κ2) is 9.13. The number of fused-ring (bicyclic) bond motifs is 2. The molecular weight excluding hydrogens is 494 g/mol. The van der Waals surface area contributed by atoms with Crippen LogP contribution in [0.25, 0.3) is 15.9 Å². The van der Waals surface area contributed by atoms with Crippen molar-refractivity contribution in [1.82, 2.24) is 14.5 Å². The monoisotopic (exact) mass is 511 g/mol. The zero-order valence-corrected chi connectivity index (χ0v) is 20.5. The van der Waals surface area contributed by atoms with Crippen LogP contribution in [0.4, 0.5) is 16.2 Å². The van der Waals surface area contributed by atoms with Gasteiger partial charge in [0, 0.05) is 23.6 Å². The molecule has 0 radical (unpaired) electrons. The van der Waals surface area contributed by atoms with Gasteiger partial charge in [0.2, 0.25) is 0 Å². The number of halogens is 1. The van der Waals surface area contributed by atoms with E-state index in [0.29, 0.717) is 39.3 Å². The van der Waals surface area contributed by atoms with E-state index in [1.54, 1.807) is 31.2 Å². The second-order valence-corrected chi connectivity index (χ2v) is 10.3. The van der Waals surface area contributed by atoms with Gasteiger partial charge in [-0.15, -0.1) is 15.9 Å². The molecule has 2 N–H and O–H groups in total. The number of hydrogen-bond acceptors (Lipinski definition) is 7. The second-order valence-electron chi connectivity index (χ2n) is 7.60. The largest absolute Gasteiger partial charge is 0.375 e. The number of nitrogens with one attached hydrogen (secondary N) is 2. The standard InChI is InChI=1S/C23H18ClN5O3S2/c1-12-3-5-17(16(24)7-12)27-22(31)26-14-4-6-18-19(9-14)34-23(28-18)33-11-15-10-21(30)29-20(25-15)8-13(2)32-29/h3-10H,11H2,1-2H3,(H2,26,27,31). The molecule has 2 amide bonds. The number of carbonyl (C=O) groups excluding carboxylic acids is 1. The van der Waals surface area contributed by atoms with Gasteiger partial charge in [-0.3, -0.25) is 4.79 Å². The van der Waals surface area contributed by atoms with Gasteiger partial charge >= 0.3 is 6.03 Å². The Kier molecular flexibility index (Phi) is 6.03. The molecule has 0 bridgehead atoms. The zero-order chi connectivity index (χ0) is 23.8. The van der Waals surface area contributed by atoms with E-state index in [9.17, 15) is 9.59 Å². The minimum Gasteiger partial charge on any atom is -0.375 e. The zero-order valence-electron chi connectivity index (χ0n) is 18.1. The van der Waals surface area contributed by atoms with Crippen LogP contribution in [0.1, 0.15) is 17.0 Å². The maximum atomic E-state index is 12.4. The number of urea groups is 1. The van der Waals surface area contributed by atoms with Gasteiger partial charge in [-0.2, -0.15) is 0 Å². The van der Waals surface area contributed by atoms with Crippen LogP contribution in [-0.2, 0) is 5.75 Å². The molecular formula is C23H18ClN5O3S2. The molecule has 0 aliphatic carbocycles. The first kappa shape index (κ1) is 22.5. The SMILES string of the molecule is Cc1ccc(NC(=O)Nc2ccc3nc(SCc4cc(=O)n5oc(C)cc5n4)sc3c2)c(Cl)c1. The third-order valence-corrected chi connectivity index (χ3v) is 7.37. The smallest absolute Gasteiger partial charge is 0.323 e. The van der Waals surface area contributed by atoms with E-state index in [0.717, 1.165) is 20.1 Å². The van der Waals surface area contributed by atoms with Crippen LogP contribution in [0, 0.1) is 13.8 Å². The molecule has 0 aliphatic rings. The number of carbonyl (C=O) groups is 1. The summed E-state index contributed by atoms with van der Waals surface area (Å²) in [5, 5.41) is 6.06. The van der Waals surface area contributed by atoms with Crippen LogP contribution in [0.3, 0.4) is 0 Å². The summed E-state index contributed by atoms with van der Waals surface area (Å²) in [6.07, 6.45) is 0. The molecule has 5 rings (SSSR count). The summed E-state index contributed by atoms with van der Waals surface area (Å²) < 4.78 is 8.28. The van der Waals surface area contributed by atoms with Crippen molar-refractivity contribution in [2.75, 3.05) is 10.6 Å². The molecule has 172 valence electrons. The molecule has 0 saturated carbocycles. The van der Waals surface area contributed by atoms with Crippen LogP contribution in [0.2, 0.25) is 5.02 Å². The quantitative estimate of drug-likeness (QED) is 0.276. The minimum absolute atomic E-state index is 0.251. The Hall–Kier alpha value is -3.34. The molecule has 11 heteroatoms. The lowest BCUT2D eigenvalue weighted by Gasteiger charge is -2.09. The molecule has 2 aromatic carbocycles. The van der Waals surface area contributed by atoms with Gasteiger partial charge in [0.05, 0.1) is 26.6 Å². The first-order valence-electron chi connectivity index (χ1n) is 10.2. The van der Waals surface area contributed by atoms with Crippen molar-refractivity contribution < 1.29 is 9.32 Å². The topological polar surface area (TPSA) is 102 Å². The third kappa shape index (κ3) is 4.79. The van der Waals surface area contributed by atoms with E-state index < -0.39 is 0 Å². The van der Waals surface area contributed by atoms with Crippen LogP contribution >= 0.6 is 34.7 Å². The Morgan fingerprint density at radius 1 is 1.12 bits per heavy atom. The van der Waals surface area contributed by atoms with Crippen LogP contribution in [0.5, 0.6) is 0 Å². The average Bonchev–Trinajstić information content (AvgIpc) is 3.36. The lowest BCUT2D eigenvalue weighted by atomic mass is 10.2. The molecule has 0 fully saturated rings. The predicted molar refractivity (Wildman–Crippen MR) is 136 cm³/mol. The van der Waals surface area contributed by atoms with Gasteiger partial charge < -0.3 is 15.2 Å². The van der Waals surface area contributed by atoms with Crippen molar-refractivity contribution in [3.05, 3.63) is 80.9 Å². The summed E-state index contributed by atoms with van der Waals surface area (Å²) >= 11 is 9.20. The van der Waals surface area contributed by atoms with E-state index >= 15 is 0 Å². The molecule has 0 aliphatic heterocycles. The minimum atomic E-state index is -0.383. The molecule has 0 unspecified atom stereocenters. The van der Waals surface area contributed by atoms with E-state index in [4.69, 9.17) is 16.1 Å². The number of amides is 2. The lowest BCUT2D eigenvalue weighted by Crippen LogP contribution is -2.19. The van der Waals surface area contributed by atoms with E-state index in [1.807, 2.05) is 25.1 Å². The molecule has 0 saturated heterocycles. The van der Waals surface area contributed by atoms with Crippen molar-refractivity contribution in [2.24, 2.45) is 0 Å². The molecule has 8 nitrogen and oxygen atoms in total. The fourth-order valence-electron chi connectivity index (χ4n) is 3.33. The molecule has 3 aromatic heterocycles. The predicted octanol–water partition coefficient (Wildman–Crippen LogP) is 6.10. The number of nitrogens with zero attached hydrogens (tertiary/aromatic N) is 3. The molecule has 34 heavy (non-hydrogen) atoms. The summed E-state index contributed by atoms with van der Waals surface area (Å²) in [5.41, 5.74) is 3.92. The highest BCUT2D eigenvalue weighted by atomic mass is 35.5. The highest BCUT2D eigenvalue weighted by Gasteiger charge is 2.11. The Balaban J connectivity index is 1.27. The molecule has 5 aromatic rings. The Morgan fingerprint density at radius 2 is 1.97 bits per heavy atom. The number of hydrogen-bond donors (Lipinski definition) is 2. The number of thiazole rings is 1. The van der Waals surface area contributed by atoms with Gasteiger partial charge in [0.25, 0.3) is 5.56 Å². The normalized spacial score (nSPS) is 11.3. The van der Waals surface area contributed by atoms with Crippen LogP contribution < -0.4 is 16.2 Å². The van der Waals surface area contributed by atoms with Crippen molar-refractivity contribution >= 4 is 68.0 Å². The summed E-state index contributed by atoms with van der Waals surface area (Å²) in [6.45, 7) is 3.70. The fraction of sp³-hybridized carbons (Fsp3) is 0.130. The maximum Gasteiger partial charge on any atom is 0.323 e. The Morgan fingerprint density at radius 3 is 2.79 bits per heavy atom. The summed E-state index contributed by atoms with van der Waals surface area (Å²) in [4.78, 5) is 33.7. The fourth-order valence-corrected chi connectivity index (χ4v) is 5.62. The Labute approximate surface area is 206 Å².